The van der Waals surface area contributed by atoms with Gasteiger partial charge in [0.2, 0.25) is 0 Å². The molecule has 0 bridgehead atoms. The summed E-state index contributed by atoms with van der Waals surface area (Å²) in [4.78, 5) is 23.8. The van der Waals surface area contributed by atoms with Crippen LogP contribution in [0.25, 0.3) is 6.08 Å². The molecule has 5 nitrogen and oxygen atoms in total. The molecule has 33 heavy (non-hydrogen) atoms. The smallest absolute Gasteiger partial charge is 0.335 e. The molecule has 2 aliphatic carbocycles. The average molecular weight is 440 g/mol. The molecule has 5 heteroatoms. The molecule has 0 heterocycles. The fourth-order valence-corrected chi connectivity index (χ4v) is 5.32. The van der Waals surface area contributed by atoms with Crippen LogP contribution in [0.2, 0.25) is 0 Å². The van der Waals surface area contributed by atoms with E-state index in [1.807, 2.05) is 42.5 Å². The summed E-state index contributed by atoms with van der Waals surface area (Å²) >= 11 is 0. The quantitative estimate of drug-likeness (QED) is 0.557. The van der Waals surface area contributed by atoms with Crippen molar-refractivity contribution in [1.82, 2.24) is 0 Å². The lowest BCUT2D eigenvalue weighted by atomic mass is 9.70. The molecular weight excluding hydrogens is 414 g/mol. The van der Waals surface area contributed by atoms with Gasteiger partial charge in [-0.05, 0) is 59.2 Å². The van der Waals surface area contributed by atoms with Crippen LogP contribution in [-0.4, -0.2) is 23.6 Å². The molecule has 0 fully saturated rings. The van der Waals surface area contributed by atoms with Gasteiger partial charge in [-0.15, -0.1) is 0 Å². The molecule has 0 saturated heterocycles. The van der Waals surface area contributed by atoms with Gasteiger partial charge in [0, 0.05) is 5.41 Å². The number of rotatable bonds is 6. The number of carboxylic acid groups (broad SMARTS) is 1. The largest absolute Gasteiger partial charge is 0.478 e. The van der Waals surface area contributed by atoms with E-state index in [0.717, 1.165) is 29.5 Å². The predicted molar refractivity (Wildman–Crippen MR) is 126 cm³/mol. The third-order valence-electron chi connectivity index (χ3n) is 6.89. The molecule has 3 aromatic rings. The summed E-state index contributed by atoms with van der Waals surface area (Å²) in [7, 11) is 0. The van der Waals surface area contributed by atoms with Gasteiger partial charge in [-0.1, -0.05) is 72.3 Å². The Balaban J connectivity index is 1.62. The third kappa shape index (κ3) is 3.74. The van der Waals surface area contributed by atoms with E-state index >= 15 is 0 Å². The van der Waals surface area contributed by atoms with Crippen molar-refractivity contribution in [2.24, 2.45) is 11.1 Å². The van der Waals surface area contributed by atoms with Crippen molar-refractivity contribution in [3.63, 3.8) is 0 Å². The number of ether oxygens (including phenoxy) is 1. The zero-order chi connectivity index (χ0) is 23.0. The van der Waals surface area contributed by atoms with Gasteiger partial charge in [-0.25, -0.2) is 4.79 Å². The zero-order valence-corrected chi connectivity index (χ0v) is 18.2. The summed E-state index contributed by atoms with van der Waals surface area (Å²) in [6.45, 7) is -0.179. The molecule has 0 spiro atoms. The SMILES string of the molecule is NCC(=O)O[C@@H]1c2ccccc2C[C@@]1(Cc1ccc(C(=O)O)cc1)C1=Cc2ccccc2C1. The minimum absolute atomic E-state index is 0.179. The molecule has 0 saturated carbocycles. The van der Waals surface area contributed by atoms with Crippen molar-refractivity contribution < 1.29 is 19.4 Å². The Morgan fingerprint density at radius 3 is 2.36 bits per heavy atom. The number of nitrogens with two attached hydrogens (primary N) is 1. The Bertz CT molecular complexity index is 1260. The molecule has 3 N–H and O–H groups in total. The second-order valence-corrected chi connectivity index (χ2v) is 8.83. The number of hydrogen-bond acceptors (Lipinski definition) is 4. The number of benzene rings is 3. The molecule has 3 aromatic carbocycles. The first-order valence-electron chi connectivity index (χ1n) is 11.1. The van der Waals surface area contributed by atoms with Gasteiger partial charge in [0.1, 0.15) is 6.10 Å². The molecule has 5 rings (SSSR count). The topological polar surface area (TPSA) is 89.6 Å². The van der Waals surface area contributed by atoms with Gasteiger partial charge >= 0.3 is 11.9 Å². The highest BCUT2D eigenvalue weighted by Gasteiger charge is 2.51. The number of fused-ring (bicyclic) bond motifs is 2. The number of esters is 1. The predicted octanol–water partition coefficient (Wildman–Crippen LogP) is 4.35. The van der Waals surface area contributed by atoms with Crippen molar-refractivity contribution >= 4 is 18.0 Å². The summed E-state index contributed by atoms with van der Waals surface area (Å²) in [6, 6.07) is 23.4. The van der Waals surface area contributed by atoms with E-state index in [1.165, 1.54) is 16.7 Å². The first-order chi connectivity index (χ1) is 16.0. The maximum atomic E-state index is 12.4. The van der Waals surface area contributed by atoms with Crippen molar-refractivity contribution in [3.05, 3.63) is 112 Å². The molecule has 0 radical (unpaired) electrons. The lowest BCUT2D eigenvalue weighted by molar-refractivity contribution is -0.153. The lowest BCUT2D eigenvalue weighted by Crippen LogP contribution is -2.35. The zero-order valence-electron chi connectivity index (χ0n) is 18.2. The highest BCUT2D eigenvalue weighted by Crippen LogP contribution is 2.56. The fourth-order valence-electron chi connectivity index (χ4n) is 5.32. The molecule has 2 aliphatic rings. The summed E-state index contributed by atoms with van der Waals surface area (Å²) in [5, 5.41) is 9.29. The van der Waals surface area contributed by atoms with Crippen molar-refractivity contribution in [2.75, 3.05) is 6.54 Å². The lowest BCUT2D eigenvalue weighted by Gasteiger charge is -2.37. The maximum Gasteiger partial charge on any atom is 0.335 e. The average Bonchev–Trinajstić information content (AvgIpc) is 3.40. The van der Waals surface area contributed by atoms with E-state index in [1.54, 1.807) is 12.1 Å². The van der Waals surface area contributed by atoms with Gasteiger partial charge < -0.3 is 15.6 Å². The van der Waals surface area contributed by atoms with Gasteiger partial charge in [0.05, 0.1) is 12.1 Å². The highest BCUT2D eigenvalue weighted by molar-refractivity contribution is 5.87. The summed E-state index contributed by atoms with van der Waals surface area (Å²) < 4.78 is 6.05. The normalized spacial score (nSPS) is 20.6. The van der Waals surface area contributed by atoms with Crippen LogP contribution in [0.1, 0.15) is 44.3 Å². The minimum Gasteiger partial charge on any atom is -0.478 e. The highest BCUT2D eigenvalue weighted by atomic mass is 16.5. The fraction of sp³-hybridized carbons (Fsp3) is 0.214. The van der Waals surface area contributed by atoms with Crippen LogP contribution in [0.5, 0.6) is 0 Å². The molecule has 0 aromatic heterocycles. The maximum absolute atomic E-state index is 12.4. The Labute approximate surface area is 192 Å². The first-order valence-corrected chi connectivity index (χ1v) is 11.1. The monoisotopic (exact) mass is 439 g/mol. The molecule has 0 aliphatic heterocycles. The van der Waals surface area contributed by atoms with Crippen LogP contribution in [0.4, 0.5) is 0 Å². The van der Waals surface area contributed by atoms with Crippen LogP contribution >= 0.6 is 0 Å². The molecule has 166 valence electrons. The summed E-state index contributed by atoms with van der Waals surface area (Å²) in [5.41, 5.74) is 12.2. The number of carbonyl (C=O) groups excluding carboxylic acids is 1. The summed E-state index contributed by atoms with van der Waals surface area (Å²) in [6.07, 6.45) is 3.89. The van der Waals surface area contributed by atoms with E-state index in [9.17, 15) is 14.7 Å². The second kappa shape index (κ2) is 8.34. The van der Waals surface area contributed by atoms with Gasteiger partial charge in [0.25, 0.3) is 0 Å². The summed E-state index contributed by atoms with van der Waals surface area (Å²) in [5.74, 6) is -1.38. The third-order valence-corrected chi connectivity index (χ3v) is 6.89. The number of carboxylic acids is 1. The Morgan fingerprint density at radius 1 is 0.970 bits per heavy atom. The van der Waals surface area contributed by atoms with Crippen molar-refractivity contribution in [1.29, 1.82) is 0 Å². The van der Waals surface area contributed by atoms with Gasteiger partial charge in [0.15, 0.2) is 0 Å². The number of carbonyl (C=O) groups is 2. The van der Waals surface area contributed by atoms with Crippen LogP contribution < -0.4 is 5.73 Å². The number of aromatic carboxylic acids is 1. The van der Waals surface area contributed by atoms with E-state index in [0.29, 0.717) is 6.42 Å². The van der Waals surface area contributed by atoms with Crippen molar-refractivity contribution in [2.45, 2.75) is 25.4 Å². The standard InChI is InChI=1S/C28H25NO4/c29-17-25(30)33-26-24-8-4-3-7-22(24)16-28(26,15-18-9-11-19(12-10-18)27(31)32)23-13-20-5-1-2-6-21(20)14-23/h1-13,26H,14-17,29H2,(H,31,32)/t26-,28+/m1/s1. The molecule has 0 unspecified atom stereocenters. The van der Waals surface area contributed by atoms with Crippen molar-refractivity contribution in [3.8, 4) is 0 Å². The van der Waals surface area contributed by atoms with Gasteiger partial charge in [-0.3, -0.25) is 4.79 Å². The Kier molecular flexibility index (Phi) is 5.35. The molecular formula is C28H25NO4. The first kappa shape index (κ1) is 21.2. The van der Waals surface area contributed by atoms with E-state index in [4.69, 9.17) is 10.5 Å². The van der Waals surface area contributed by atoms with Gasteiger partial charge in [-0.2, -0.15) is 0 Å². The van der Waals surface area contributed by atoms with Crippen LogP contribution in [0.15, 0.2) is 78.4 Å². The Morgan fingerprint density at radius 2 is 1.67 bits per heavy atom. The van der Waals surface area contributed by atoms with E-state index < -0.39 is 23.5 Å². The van der Waals surface area contributed by atoms with Crippen LogP contribution in [-0.2, 0) is 28.8 Å². The molecule has 0 amide bonds. The van der Waals surface area contributed by atoms with E-state index in [2.05, 4.69) is 24.3 Å². The second-order valence-electron chi connectivity index (χ2n) is 8.83. The Hall–Kier alpha value is -3.70. The van der Waals surface area contributed by atoms with Crippen LogP contribution in [0, 0.1) is 5.41 Å². The number of hydrogen-bond donors (Lipinski definition) is 2. The molecule has 2 atom stereocenters. The van der Waals surface area contributed by atoms with E-state index in [-0.39, 0.29) is 12.1 Å². The minimum atomic E-state index is -0.951. The van der Waals surface area contributed by atoms with Crippen LogP contribution in [0.3, 0.4) is 0 Å².